The van der Waals surface area contributed by atoms with Gasteiger partial charge >= 0.3 is 0 Å². The minimum Gasteiger partial charge on any atom is -0.486 e. The molecule has 1 N–H and O–H groups in total. The van der Waals surface area contributed by atoms with Gasteiger partial charge in [-0.2, -0.15) is 0 Å². The van der Waals surface area contributed by atoms with Gasteiger partial charge in [-0.05, 0) is 24.3 Å². The van der Waals surface area contributed by atoms with Crippen LogP contribution in [0.25, 0.3) is 0 Å². The lowest BCUT2D eigenvalue weighted by Gasteiger charge is -2.18. The molecule has 6 nitrogen and oxygen atoms in total. The van der Waals surface area contributed by atoms with E-state index in [-0.39, 0.29) is 17.0 Å². The van der Waals surface area contributed by atoms with E-state index in [1.54, 1.807) is 6.07 Å². The third kappa shape index (κ3) is 4.08. The third-order valence-corrected chi connectivity index (χ3v) is 5.33. The summed E-state index contributed by atoms with van der Waals surface area (Å²) in [6.45, 7) is 0.761. The molecule has 0 aliphatic carbocycles. The van der Waals surface area contributed by atoms with Crippen molar-refractivity contribution in [3.05, 3.63) is 48.3 Å². The molecule has 0 unspecified atom stereocenters. The van der Waals surface area contributed by atoms with Crippen molar-refractivity contribution in [3.63, 3.8) is 0 Å². The van der Waals surface area contributed by atoms with Gasteiger partial charge < -0.3 is 14.8 Å². The molecule has 2 aromatic rings. The molecule has 0 aromatic heterocycles. The van der Waals surface area contributed by atoms with Crippen LogP contribution < -0.4 is 14.8 Å². The molecule has 25 heavy (non-hydrogen) atoms. The zero-order chi connectivity index (χ0) is 17.9. The maximum Gasteiger partial charge on any atom is 0.225 e. The Kier molecular flexibility index (Phi) is 4.89. The van der Waals surface area contributed by atoms with E-state index in [0.29, 0.717) is 24.7 Å². The Labute approximate surface area is 144 Å². The fourth-order valence-corrected chi connectivity index (χ4v) is 3.59. The maximum absolute atomic E-state index is 13.5. The Hall–Kier alpha value is -2.61. The molecule has 1 aliphatic heterocycles. The molecule has 0 saturated carbocycles. The largest absolute Gasteiger partial charge is 0.486 e. The van der Waals surface area contributed by atoms with Crippen molar-refractivity contribution < 1.29 is 27.1 Å². The highest BCUT2D eigenvalue weighted by atomic mass is 32.2. The Bertz CT molecular complexity index is 898. The molecule has 0 bridgehead atoms. The number of hydrogen-bond donors (Lipinski definition) is 1. The average Bonchev–Trinajstić information content (AvgIpc) is 2.62. The molecule has 3 rings (SSSR count). The highest BCUT2D eigenvalue weighted by Gasteiger charge is 2.20. The summed E-state index contributed by atoms with van der Waals surface area (Å²) in [5.74, 6) is -0.699. The topological polar surface area (TPSA) is 81.7 Å². The molecule has 2 aromatic carbocycles. The van der Waals surface area contributed by atoms with Crippen molar-refractivity contribution in [3.8, 4) is 11.5 Å². The van der Waals surface area contributed by atoms with Gasteiger partial charge in [-0.3, -0.25) is 4.79 Å². The van der Waals surface area contributed by atoms with E-state index in [1.807, 2.05) is 0 Å². The van der Waals surface area contributed by atoms with Crippen LogP contribution in [0.3, 0.4) is 0 Å². The second-order valence-electron chi connectivity index (χ2n) is 5.40. The van der Waals surface area contributed by atoms with Crippen molar-refractivity contribution in [2.24, 2.45) is 0 Å². The van der Waals surface area contributed by atoms with Gasteiger partial charge in [-0.15, -0.1) is 0 Å². The predicted octanol–water partition coefficient (Wildman–Crippen LogP) is 2.40. The standard InChI is InChI=1S/C17H16FNO5S/c18-13-3-1-2-4-14(13)19-17(20)7-10-25(21,22)12-5-6-15-16(11-12)24-9-8-23-15/h1-6,11H,7-10H2,(H,19,20). The number of amides is 1. The number of rotatable bonds is 5. The van der Waals surface area contributed by atoms with E-state index in [1.165, 1.54) is 36.4 Å². The van der Waals surface area contributed by atoms with Crippen LogP contribution in [0, 0.1) is 5.82 Å². The maximum atomic E-state index is 13.5. The fraction of sp³-hybridized carbons (Fsp3) is 0.235. The van der Waals surface area contributed by atoms with Gasteiger partial charge in [0.25, 0.3) is 0 Å². The zero-order valence-electron chi connectivity index (χ0n) is 13.2. The van der Waals surface area contributed by atoms with Crippen LogP contribution in [0.5, 0.6) is 11.5 Å². The summed E-state index contributed by atoms with van der Waals surface area (Å²) < 4.78 is 49.0. The summed E-state index contributed by atoms with van der Waals surface area (Å²) >= 11 is 0. The van der Waals surface area contributed by atoms with Gasteiger partial charge in [0.1, 0.15) is 19.0 Å². The monoisotopic (exact) mass is 365 g/mol. The Balaban J connectivity index is 1.65. The summed E-state index contributed by atoms with van der Waals surface area (Å²) in [7, 11) is -3.68. The number of halogens is 1. The van der Waals surface area contributed by atoms with Crippen molar-refractivity contribution in [1.82, 2.24) is 0 Å². The minimum atomic E-state index is -3.68. The quantitative estimate of drug-likeness (QED) is 0.880. The fourth-order valence-electron chi connectivity index (χ4n) is 2.34. The molecule has 132 valence electrons. The van der Waals surface area contributed by atoms with Crippen molar-refractivity contribution >= 4 is 21.4 Å². The minimum absolute atomic E-state index is 0.0178. The first-order chi connectivity index (χ1) is 12.0. The van der Waals surface area contributed by atoms with E-state index >= 15 is 0 Å². The summed E-state index contributed by atoms with van der Waals surface area (Å²) in [5, 5.41) is 2.36. The summed E-state index contributed by atoms with van der Waals surface area (Å²) in [5.41, 5.74) is 0.0178. The lowest BCUT2D eigenvalue weighted by molar-refractivity contribution is -0.115. The Morgan fingerprint density at radius 3 is 2.56 bits per heavy atom. The molecule has 1 aliphatic rings. The van der Waals surface area contributed by atoms with Crippen LogP contribution in [0.1, 0.15) is 6.42 Å². The first kappa shape index (κ1) is 17.2. The van der Waals surface area contributed by atoms with Crippen LogP contribution in [-0.4, -0.2) is 33.3 Å². The first-order valence-corrected chi connectivity index (χ1v) is 9.28. The summed E-state index contributed by atoms with van der Waals surface area (Å²) in [6.07, 6.45) is -0.287. The molecule has 0 fully saturated rings. The lowest BCUT2D eigenvalue weighted by Crippen LogP contribution is -2.19. The smallest absolute Gasteiger partial charge is 0.225 e. The first-order valence-electron chi connectivity index (χ1n) is 7.62. The van der Waals surface area contributed by atoms with Gasteiger partial charge in [-0.1, -0.05) is 12.1 Å². The van der Waals surface area contributed by atoms with Crippen LogP contribution in [-0.2, 0) is 14.6 Å². The highest BCUT2D eigenvalue weighted by molar-refractivity contribution is 7.91. The predicted molar refractivity (Wildman–Crippen MR) is 89.1 cm³/mol. The number of anilines is 1. The number of sulfone groups is 1. The Morgan fingerprint density at radius 1 is 1.08 bits per heavy atom. The number of benzene rings is 2. The van der Waals surface area contributed by atoms with Gasteiger partial charge in [0.05, 0.1) is 16.3 Å². The van der Waals surface area contributed by atoms with Crippen LogP contribution in [0.2, 0.25) is 0 Å². The van der Waals surface area contributed by atoms with E-state index in [0.717, 1.165) is 0 Å². The average molecular weight is 365 g/mol. The van der Waals surface area contributed by atoms with E-state index in [4.69, 9.17) is 9.47 Å². The summed E-state index contributed by atoms with van der Waals surface area (Å²) in [6, 6.07) is 10.0. The number of carbonyl (C=O) groups excluding carboxylic acids is 1. The summed E-state index contributed by atoms with van der Waals surface area (Å²) in [4.78, 5) is 11.9. The molecule has 0 radical (unpaired) electrons. The molecular formula is C17H16FNO5S. The molecule has 0 spiro atoms. The molecule has 1 amide bonds. The molecule has 0 saturated heterocycles. The van der Waals surface area contributed by atoms with Gasteiger partial charge in [0, 0.05) is 12.5 Å². The number of nitrogens with one attached hydrogen (secondary N) is 1. The lowest BCUT2D eigenvalue weighted by atomic mass is 10.3. The number of fused-ring (bicyclic) bond motifs is 1. The van der Waals surface area contributed by atoms with Crippen LogP contribution >= 0.6 is 0 Å². The van der Waals surface area contributed by atoms with Gasteiger partial charge in [0.15, 0.2) is 21.3 Å². The number of hydrogen-bond acceptors (Lipinski definition) is 5. The normalized spacial score (nSPS) is 13.3. The molecule has 8 heteroatoms. The highest BCUT2D eigenvalue weighted by Crippen LogP contribution is 2.32. The van der Waals surface area contributed by atoms with E-state index in [9.17, 15) is 17.6 Å². The van der Waals surface area contributed by atoms with Crippen molar-refractivity contribution in [1.29, 1.82) is 0 Å². The molecule has 0 atom stereocenters. The number of carbonyl (C=O) groups is 1. The molecule has 1 heterocycles. The van der Waals surface area contributed by atoms with Gasteiger partial charge in [-0.25, -0.2) is 12.8 Å². The van der Waals surface area contributed by atoms with Crippen molar-refractivity contribution in [2.45, 2.75) is 11.3 Å². The Morgan fingerprint density at radius 2 is 1.80 bits per heavy atom. The number of ether oxygens (including phenoxy) is 2. The molecular weight excluding hydrogens is 349 g/mol. The van der Waals surface area contributed by atoms with Crippen LogP contribution in [0.15, 0.2) is 47.4 Å². The SMILES string of the molecule is O=C(CCS(=O)(=O)c1ccc2c(c1)OCCO2)Nc1ccccc1F. The van der Waals surface area contributed by atoms with Gasteiger partial charge in [0.2, 0.25) is 5.91 Å². The van der Waals surface area contributed by atoms with Crippen molar-refractivity contribution in [2.75, 3.05) is 24.3 Å². The second kappa shape index (κ2) is 7.10. The van der Waals surface area contributed by atoms with E-state index in [2.05, 4.69) is 5.32 Å². The number of para-hydroxylation sites is 1. The third-order valence-electron chi connectivity index (χ3n) is 3.62. The zero-order valence-corrected chi connectivity index (χ0v) is 14.0. The van der Waals surface area contributed by atoms with Crippen LogP contribution in [0.4, 0.5) is 10.1 Å². The van der Waals surface area contributed by atoms with E-state index < -0.39 is 27.3 Å². The second-order valence-corrected chi connectivity index (χ2v) is 7.51.